The maximum absolute atomic E-state index is 12.2. The minimum Gasteiger partial charge on any atom is -0.368 e. The molecule has 0 bridgehead atoms. The first-order valence-electron chi connectivity index (χ1n) is 11.2. The summed E-state index contributed by atoms with van der Waals surface area (Å²) in [4.78, 5) is 21.6. The Labute approximate surface area is 200 Å². The zero-order chi connectivity index (χ0) is 22.7. The molecule has 2 aliphatic rings. The third-order valence-corrected chi connectivity index (χ3v) is 7.07. The number of amides is 1. The van der Waals surface area contributed by atoms with Crippen LogP contribution >= 0.6 is 23.2 Å². The Bertz CT molecular complexity index is 1010. The predicted molar refractivity (Wildman–Crippen MR) is 134 cm³/mol. The third-order valence-electron chi connectivity index (χ3n) is 6.26. The standard InChI is InChI=1S/C25H30Cl2N4O/c1-25(2)17-18-10-11-19(28-23(18)29-24(25)32)7-4-3-5-12-30-13-15-31(16-14-30)21-9-6-8-20(26)22(21)27/h4,6-11H,3,5,12-17H2,1-2H3,(H,28,29,32)/b7-4+. The average molecular weight is 473 g/mol. The highest BCUT2D eigenvalue weighted by Gasteiger charge is 2.34. The second kappa shape index (κ2) is 9.82. The fourth-order valence-corrected chi connectivity index (χ4v) is 4.68. The van der Waals surface area contributed by atoms with Gasteiger partial charge in [0.25, 0.3) is 0 Å². The molecule has 0 atom stereocenters. The molecule has 0 aliphatic carbocycles. The zero-order valence-corrected chi connectivity index (χ0v) is 20.2. The summed E-state index contributed by atoms with van der Waals surface area (Å²) in [6, 6.07) is 9.93. The van der Waals surface area contributed by atoms with Crippen molar-refractivity contribution in [3.63, 3.8) is 0 Å². The summed E-state index contributed by atoms with van der Waals surface area (Å²) >= 11 is 12.5. The number of carbonyl (C=O) groups excluding carboxylic acids is 1. The van der Waals surface area contributed by atoms with Crippen molar-refractivity contribution in [2.75, 3.05) is 42.9 Å². The van der Waals surface area contributed by atoms with Crippen LogP contribution in [0.4, 0.5) is 11.5 Å². The topological polar surface area (TPSA) is 48.5 Å². The van der Waals surface area contributed by atoms with Crippen molar-refractivity contribution in [2.45, 2.75) is 33.1 Å². The fraction of sp³-hybridized carbons (Fsp3) is 0.440. The van der Waals surface area contributed by atoms with E-state index < -0.39 is 0 Å². The molecular weight excluding hydrogens is 443 g/mol. The number of fused-ring (bicyclic) bond motifs is 1. The van der Waals surface area contributed by atoms with Crippen LogP contribution in [-0.2, 0) is 11.2 Å². The first-order valence-corrected chi connectivity index (χ1v) is 12.0. The van der Waals surface area contributed by atoms with Gasteiger partial charge in [-0.3, -0.25) is 9.69 Å². The highest BCUT2D eigenvalue weighted by atomic mass is 35.5. The van der Waals surface area contributed by atoms with Crippen LogP contribution in [0.5, 0.6) is 0 Å². The van der Waals surface area contributed by atoms with Crippen LogP contribution in [0.25, 0.3) is 6.08 Å². The van der Waals surface area contributed by atoms with E-state index in [4.69, 9.17) is 23.2 Å². The number of hydrogen-bond donors (Lipinski definition) is 1. The number of nitrogens with one attached hydrogen (secondary N) is 1. The molecule has 32 heavy (non-hydrogen) atoms. The van der Waals surface area contributed by atoms with Crippen molar-refractivity contribution in [1.82, 2.24) is 9.88 Å². The number of pyridine rings is 1. The first-order chi connectivity index (χ1) is 15.3. The van der Waals surface area contributed by atoms with Crippen molar-refractivity contribution in [3.05, 3.63) is 57.7 Å². The fourth-order valence-electron chi connectivity index (χ4n) is 4.27. The molecule has 7 heteroatoms. The van der Waals surface area contributed by atoms with Crippen molar-refractivity contribution < 1.29 is 4.79 Å². The lowest BCUT2D eigenvalue weighted by atomic mass is 9.82. The van der Waals surface area contributed by atoms with Gasteiger partial charge in [0.05, 0.1) is 21.4 Å². The van der Waals surface area contributed by atoms with E-state index >= 15 is 0 Å². The monoisotopic (exact) mass is 472 g/mol. The van der Waals surface area contributed by atoms with Gasteiger partial charge in [0.1, 0.15) is 5.82 Å². The molecule has 3 heterocycles. The second-order valence-corrected chi connectivity index (χ2v) is 9.99. The molecule has 2 aromatic rings. The van der Waals surface area contributed by atoms with Gasteiger partial charge in [-0.2, -0.15) is 0 Å². The van der Waals surface area contributed by atoms with E-state index in [2.05, 4.69) is 32.2 Å². The molecule has 1 N–H and O–H groups in total. The summed E-state index contributed by atoms with van der Waals surface area (Å²) in [5, 5.41) is 4.20. The van der Waals surface area contributed by atoms with Crippen molar-refractivity contribution in [2.24, 2.45) is 5.41 Å². The van der Waals surface area contributed by atoms with Crippen LogP contribution < -0.4 is 10.2 Å². The maximum Gasteiger partial charge on any atom is 0.231 e. The van der Waals surface area contributed by atoms with Crippen LogP contribution in [0.2, 0.25) is 10.0 Å². The van der Waals surface area contributed by atoms with Crippen LogP contribution in [0.1, 0.15) is 37.9 Å². The lowest BCUT2D eigenvalue weighted by Gasteiger charge is -2.36. The van der Waals surface area contributed by atoms with Crippen LogP contribution in [0, 0.1) is 5.41 Å². The van der Waals surface area contributed by atoms with Gasteiger partial charge in [0.15, 0.2) is 0 Å². The SMILES string of the molecule is CC1(C)Cc2ccc(/C=C/CCCN3CCN(c4cccc(Cl)c4Cl)CC3)nc2NC1=O. The third kappa shape index (κ3) is 5.28. The van der Waals surface area contributed by atoms with Crippen molar-refractivity contribution in [1.29, 1.82) is 0 Å². The van der Waals surface area contributed by atoms with Gasteiger partial charge in [0.2, 0.25) is 5.91 Å². The van der Waals surface area contributed by atoms with E-state index in [0.717, 1.165) is 68.9 Å². The van der Waals surface area contributed by atoms with Crippen LogP contribution in [0.15, 0.2) is 36.4 Å². The lowest BCUT2D eigenvalue weighted by molar-refractivity contribution is -0.124. The molecule has 5 nitrogen and oxygen atoms in total. The smallest absolute Gasteiger partial charge is 0.231 e. The highest BCUT2D eigenvalue weighted by Crippen LogP contribution is 2.33. The van der Waals surface area contributed by atoms with E-state index in [1.54, 1.807) is 0 Å². The van der Waals surface area contributed by atoms with Crippen LogP contribution in [0.3, 0.4) is 0 Å². The second-order valence-electron chi connectivity index (χ2n) is 9.20. The number of unbranched alkanes of at least 4 members (excludes halogenated alkanes) is 1. The van der Waals surface area contributed by atoms with Gasteiger partial charge in [-0.15, -0.1) is 0 Å². The van der Waals surface area contributed by atoms with E-state index in [-0.39, 0.29) is 11.3 Å². The van der Waals surface area contributed by atoms with Gasteiger partial charge in [-0.1, -0.05) is 55.3 Å². The maximum atomic E-state index is 12.2. The molecule has 0 unspecified atom stereocenters. The van der Waals surface area contributed by atoms with E-state index in [1.807, 2.05) is 44.2 Å². The highest BCUT2D eigenvalue weighted by molar-refractivity contribution is 6.43. The van der Waals surface area contributed by atoms with Gasteiger partial charge in [0, 0.05) is 31.6 Å². The Morgan fingerprint density at radius 2 is 1.91 bits per heavy atom. The Kier molecular flexibility index (Phi) is 7.08. The number of aromatic nitrogens is 1. The normalized spacial score (nSPS) is 18.6. The summed E-state index contributed by atoms with van der Waals surface area (Å²) < 4.78 is 0. The quantitative estimate of drug-likeness (QED) is 0.561. The Balaban J connectivity index is 1.21. The van der Waals surface area contributed by atoms with Crippen molar-refractivity contribution in [3.8, 4) is 0 Å². The van der Waals surface area contributed by atoms with Crippen molar-refractivity contribution >= 4 is 46.7 Å². The summed E-state index contributed by atoms with van der Waals surface area (Å²) in [6.07, 6.45) is 7.04. The number of piperazine rings is 1. The molecule has 0 spiro atoms. The lowest BCUT2D eigenvalue weighted by Crippen LogP contribution is -2.46. The Hall–Kier alpha value is -2.08. The van der Waals surface area contributed by atoms with E-state index in [9.17, 15) is 4.79 Å². The number of halogens is 2. The number of nitrogens with zero attached hydrogens (tertiary/aromatic N) is 3. The molecule has 170 valence electrons. The molecule has 1 aromatic heterocycles. The Morgan fingerprint density at radius 3 is 2.69 bits per heavy atom. The molecule has 2 aliphatic heterocycles. The predicted octanol–water partition coefficient (Wildman–Crippen LogP) is 5.52. The molecule has 0 radical (unpaired) electrons. The Morgan fingerprint density at radius 1 is 1.12 bits per heavy atom. The van der Waals surface area contributed by atoms with Gasteiger partial charge < -0.3 is 10.2 Å². The average Bonchev–Trinajstić information content (AvgIpc) is 2.77. The largest absolute Gasteiger partial charge is 0.368 e. The van der Waals surface area contributed by atoms with E-state index in [1.165, 1.54) is 0 Å². The summed E-state index contributed by atoms with van der Waals surface area (Å²) in [5.74, 6) is 0.741. The van der Waals surface area contributed by atoms with Gasteiger partial charge >= 0.3 is 0 Å². The summed E-state index contributed by atoms with van der Waals surface area (Å²) in [6.45, 7) is 8.96. The number of hydrogen-bond acceptors (Lipinski definition) is 4. The summed E-state index contributed by atoms with van der Waals surface area (Å²) in [7, 11) is 0. The number of benzene rings is 1. The summed E-state index contributed by atoms with van der Waals surface area (Å²) in [5.41, 5.74) is 2.64. The number of rotatable bonds is 6. The van der Waals surface area contributed by atoms with Gasteiger partial charge in [-0.25, -0.2) is 4.98 Å². The molecule has 1 fully saturated rings. The van der Waals surface area contributed by atoms with Crippen LogP contribution in [-0.4, -0.2) is 48.5 Å². The molecule has 1 aromatic carbocycles. The first kappa shape index (κ1) is 23.1. The zero-order valence-electron chi connectivity index (χ0n) is 18.7. The molecule has 1 saturated heterocycles. The number of anilines is 2. The molecular formula is C25H30Cl2N4O. The molecule has 0 saturated carbocycles. The number of allylic oxidation sites excluding steroid dienone is 1. The number of carbonyl (C=O) groups is 1. The minimum atomic E-state index is -0.377. The minimum absolute atomic E-state index is 0.0383. The van der Waals surface area contributed by atoms with Gasteiger partial charge in [-0.05, 0) is 55.6 Å². The van der Waals surface area contributed by atoms with E-state index in [0.29, 0.717) is 15.9 Å². The molecule has 1 amide bonds. The molecule has 4 rings (SSSR count).